The van der Waals surface area contributed by atoms with Gasteiger partial charge in [0.15, 0.2) is 5.52 Å². The maximum atomic E-state index is 11.8. The van der Waals surface area contributed by atoms with Crippen LogP contribution in [-0.2, 0) is 6.54 Å². The van der Waals surface area contributed by atoms with E-state index >= 15 is 0 Å². The molecule has 0 bridgehead atoms. The number of fused-ring (bicyclic) bond motifs is 1. The number of nitrogens with one attached hydrogen (secondary N) is 1. The number of rotatable bonds is 4. The molecule has 0 radical (unpaired) electrons. The first-order valence-electron chi connectivity index (χ1n) is 6.72. The van der Waals surface area contributed by atoms with Gasteiger partial charge in [-0.05, 0) is 17.7 Å². The molecule has 0 spiro atoms. The van der Waals surface area contributed by atoms with E-state index in [1.165, 1.54) is 6.33 Å². The summed E-state index contributed by atoms with van der Waals surface area (Å²) < 4.78 is 5.04. The van der Waals surface area contributed by atoms with Gasteiger partial charge in [-0.15, -0.1) is 0 Å². The van der Waals surface area contributed by atoms with Gasteiger partial charge in [0, 0.05) is 25.9 Å². The van der Waals surface area contributed by atoms with Crippen molar-refractivity contribution >= 4 is 16.9 Å². The Morgan fingerprint density at radius 3 is 2.82 bits per heavy atom. The molecule has 0 atom stereocenters. The summed E-state index contributed by atoms with van der Waals surface area (Å²) >= 11 is 0. The number of aromatic nitrogens is 4. The van der Waals surface area contributed by atoms with Gasteiger partial charge in [0.1, 0.15) is 5.82 Å². The molecule has 3 rings (SSSR count). The standard InChI is InChI=1S/C15H15N5O2/c1-20(8-10-3-6-13(22-2)16-7-10)12-5-4-11-14(19-12)15(21)18-9-17-11/h3-7,9H,8H2,1-2H3,(H,17,18,21). The summed E-state index contributed by atoms with van der Waals surface area (Å²) in [6, 6.07) is 7.38. The Bertz CT molecular complexity index is 844. The topological polar surface area (TPSA) is 84.0 Å². The molecule has 0 aliphatic rings. The minimum Gasteiger partial charge on any atom is -0.481 e. The molecule has 0 saturated heterocycles. The molecule has 1 N–H and O–H groups in total. The molecule has 3 aromatic rings. The highest BCUT2D eigenvalue weighted by molar-refractivity contribution is 5.74. The van der Waals surface area contributed by atoms with Crippen LogP contribution in [0.2, 0.25) is 0 Å². The van der Waals surface area contributed by atoms with Crippen molar-refractivity contribution in [3.05, 3.63) is 52.7 Å². The summed E-state index contributed by atoms with van der Waals surface area (Å²) in [6.45, 7) is 0.619. The third kappa shape index (κ3) is 2.73. The van der Waals surface area contributed by atoms with Gasteiger partial charge < -0.3 is 14.6 Å². The highest BCUT2D eigenvalue weighted by Crippen LogP contribution is 2.16. The van der Waals surface area contributed by atoms with Crippen molar-refractivity contribution < 1.29 is 4.74 Å². The Hall–Kier alpha value is -2.96. The summed E-state index contributed by atoms with van der Waals surface area (Å²) in [5.74, 6) is 1.27. The molecule has 3 heterocycles. The van der Waals surface area contributed by atoms with Crippen molar-refractivity contribution in [1.29, 1.82) is 0 Å². The number of nitrogens with zero attached hydrogens (tertiary/aromatic N) is 4. The van der Waals surface area contributed by atoms with E-state index in [0.717, 1.165) is 5.56 Å². The number of H-pyrrole nitrogens is 1. The fraction of sp³-hybridized carbons (Fsp3) is 0.200. The fourth-order valence-corrected chi connectivity index (χ4v) is 2.13. The molecule has 7 nitrogen and oxygen atoms in total. The smallest absolute Gasteiger partial charge is 0.277 e. The van der Waals surface area contributed by atoms with Crippen LogP contribution in [0.5, 0.6) is 5.88 Å². The van der Waals surface area contributed by atoms with Crippen LogP contribution >= 0.6 is 0 Å². The summed E-state index contributed by atoms with van der Waals surface area (Å²) in [5, 5.41) is 0. The molecule has 0 aliphatic heterocycles. The Balaban J connectivity index is 1.86. The predicted octanol–water partition coefficient (Wildman–Crippen LogP) is 1.36. The highest BCUT2D eigenvalue weighted by Gasteiger charge is 2.08. The lowest BCUT2D eigenvalue weighted by atomic mass is 10.2. The lowest BCUT2D eigenvalue weighted by Crippen LogP contribution is -2.19. The summed E-state index contributed by atoms with van der Waals surface area (Å²) in [7, 11) is 3.49. The van der Waals surface area contributed by atoms with Crippen molar-refractivity contribution in [3.63, 3.8) is 0 Å². The largest absolute Gasteiger partial charge is 0.481 e. The number of methoxy groups -OCH3 is 1. The molecule has 112 valence electrons. The second kappa shape index (κ2) is 5.80. The van der Waals surface area contributed by atoms with Crippen LogP contribution < -0.4 is 15.2 Å². The number of hydrogen-bond acceptors (Lipinski definition) is 6. The summed E-state index contributed by atoms with van der Waals surface area (Å²) in [6.07, 6.45) is 3.13. The minimum absolute atomic E-state index is 0.244. The Morgan fingerprint density at radius 1 is 1.23 bits per heavy atom. The Morgan fingerprint density at radius 2 is 2.09 bits per heavy atom. The Labute approximate surface area is 126 Å². The predicted molar refractivity (Wildman–Crippen MR) is 83.1 cm³/mol. The van der Waals surface area contributed by atoms with Gasteiger partial charge in [0.2, 0.25) is 5.88 Å². The van der Waals surface area contributed by atoms with Crippen LogP contribution in [0, 0.1) is 0 Å². The van der Waals surface area contributed by atoms with Crippen LogP contribution in [0.1, 0.15) is 5.56 Å². The van der Waals surface area contributed by atoms with E-state index in [4.69, 9.17) is 4.74 Å². The fourth-order valence-electron chi connectivity index (χ4n) is 2.13. The van der Waals surface area contributed by atoms with Gasteiger partial charge in [0.05, 0.1) is 19.0 Å². The lowest BCUT2D eigenvalue weighted by molar-refractivity contribution is 0.397. The van der Waals surface area contributed by atoms with Gasteiger partial charge in [-0.3, -0.25) is 4.79 Å². The van der Waals surface area contributed by atoms with Crippen molar-refractivity contribution in [3.8, 4) is 5.88 Å². The molecule has 0 saturated carbocycles. The zero-order valence-corrected chi connectivity index (χ0v) is 12.3. The van der Waals surface area contributed by atoms with Gasteiger partial charge in [0.25, 0.3) is 5.56 Å². The number of pyridine rings is 2. The molecule has 3 aromatic heterocycles. The summed E-state index contributed by atoms with van der Waals surface area (Å²) in [5.41, 5.74) is 1.68. The quantitative estimate of drug-likeness (QED) is 0.782. The molecular weight excluding hydrogens is 282 g/mol. The normalized spacial score (nSPS) is 10.6. The monoisotopic (exact) mass is 297 g/mol. The maximum absolute atomic E-state index is 11.8. The molecular formula is C15H15N5O2. The van der Waals surface area contributed by atoms with Crippen molar-refractivity contribution in [1.82, 2.24) is 19.9 Å². The first-order chi connectivity index (χ1) is 10.7. The zero-order chi connectivity index (χ0) is 15.5. The number of hydrogen-bond donors (Lipinski definition) is 1. The first-order valence-corrected chi connectivity index (χ1v) is 6.72. The molecule has 0 amide bonds. The van der Waals surface area contributed by atoms with E-state index in [2.05, 4.69) is 19.9 Å². The van der Waals surface area contributed by atoms with E-state index in [1.54, 1.807) is 19.4 Å². The number of ether oxygens (including phenoxy) is 1. The zero-order valence-electron chi connectivity index (χ0n) is 12.3. The van der Waals surface area contributed by atoms with Gasteiger partial charge in [-0.25, -0.2) is 15.0 Å². The van der Waals surface area contributed by atoms with Gasteiger partial charge >= 0.3 is 0 Å². The van der Waals surface area contributed by atoms with Crippen molar-refractivity contribution in [2.45, 2.75) is 6.54 Å². The van der Waals surface area contributed by atoms with Gasteiger partial charge in [-0.1, -0.05) is 6.07 Å². The van der Waals surface area contributed by atoms with Crippen LogP contribution in [0.3, 0.4) is 0 Å². The van der Waals surface area contributed by atoms with Crippen molar-refractivity contribution in [2.24, 2.45) is 0 Å². The summed E-state index contributed by atoms with van der Waals surface area (Å²) in [4.78, 5) is 28.9. The third-order valence-corrected chi connectivity index (χ3v) is 3.29. The minimum atomic E-state index is -0.244. The second-order valence-corrected chi connectivity index (χ2v) is 4.83. The Kier molecular flexibility index (Phi) is 3.69. The van der Waals surface area contributed by atoms with Crippen LogP contribution in [-0.4, -0.2) is 34.1 Å². The van der Waals surface area contributed by atoms with Crippen LogP contribution in [0.25, 0.3) is 11.0 Å². The molecule has 0 aromatic carbocycles. The van der Waals surface area contributed by atoms with Crippen molar-refractivity contribution in [2.75, 3.05) is 19.1 Å². The molecule has 22 heavy (non-hydrogen) atoms. The third-order valence-electron chi connectivity index (χ3n) is 3.29. The highest BCUT2D eigenvalue weighted by atomic mass is 16.5. The molecule has 7 heteroatoms. The van der Waals surface area contributed by atoms with E-state index < -0.39 is 0 Å². The first kappa shape index (κ1) is 14.0. The SMILES string of the molecule is COc1ccc(CN(C)c2ccc3nc[nH]c(=O)c3n2)cn1. The van der Waals surface area contributed by atoms with E-state index in [-0.39, 0.29) is 5.56 Å². The van der Waals surface area contributed by atoms with Crippen LogP contribution in [0.4, 0.5) is 5.82 Å². The number of anilines is 1. The number of aromatic amines is 1. The average Bonchev–Trinajstić information content (AvgIpc) is 2.55. The second-order valence-electron chi connectivity index (χ2n) is 4.83. The van der Waals surface area contributed by atoms with E-state index in [9.17, 15) is 4.79 Å². The maximum Gasteiger partial charge on any atom is 0.277 e. The van der Waals surface area contributed by atoms with E-state index in [1.807, 2.05) is 30.1 Å². The van der Waals surface area contributed by atoms with E-state index in [0.29, 0.717) is 29.3 Å². The molecule has 0 aliphatic carbocycles. The lowest BCUT2D eigenvalue weighted by Gasteiger charge is -2.18. The van der Waals surface area contributed by atoms with Crippen LogP contribution in [0.15, 0.2) is 41.6 Å². The molecule has 0 fully saturated rings. The average molecular weight is 297 g/mol. The molecule has 0 unspecified atom stereocenters. The van der Waals surface area contributed by atoms with Gasteiger partial charge in [-0.2, -0.15) is 0 Å².